The highest BCUT2D eigenvalue weighted by Crippen LogP contribution is 2.17. The minimum Gasteiger partial charge on any atom is -0.396 e. The first-order valence-electron chi connectivity index (χ1n) is 8.53. The molecule has 6 nitrogen and oxygen atoms in total. The zero-order valence-corrected chi connectivity index (χ0v) is 15.0. The smallest absolute Gasteiger partial charge is 0.257 e. The van der Waals surface area contributed by atoms with Crippen molar-refractivity contribution in [3.8, 4) is 11.4 Å². The maximum absolute atomic E-state index is 12.9. The predicted octanol–water partition coefficient (Wildman–Crippen LogP) is 1.67. The van der Waals surface area contributed by atoms with Gasteiger partial charge in [-0.1, -0.05) is 37.3 Å². The quantitative estimate of drug-likeness (QED) is 0.801. The van der Waals surface area contributed by atoms with E-state index in [0.717, 1.165) is 12.0 Å². The molecular weight excluding hydrogens is 318 g/mol. The van der Waals surface area contributed by atoms with Gasteiger partial charge in [-0.05, 0) is 20.3 Å². The number of amides is 1. The maximum Gasteiger partial charge on any atom is 0.257 e. The molecule has 1 aromatic heterocycles. The Bertz CT molecular complexity index is 784. The summed E-state index contributed by atoms with van der Waals surface area (Å²) in [5, 5.41) is 12.1. The molecule has 0 radical (unpaired) electrons. The standard InChI is InChI=1S/C19H25N3O3/c1-4-13(2)20-17(24)12-22-18(15-8-6-5-7-9-15)21-14(3)16(10-11-23)19(22)25/h5-9,13,23H,4,10-12H2,1-3H3,(H,20,24)/t13-/m0/s1. The van der Waals surface area contributed by atoms with Crippen molar-refractivity contribution >= 4 is 5.91 Å². The summed E-state index contributed by atoms with van der Waals surface area (Å²) in [7, 11) is 0. The molecular formula is C19H25N3O3. The highest BCUT2D eigenvalue weighted by Gasteiger charge is 2.18. The van der Waals surface area contributed by atoms with Gasteiger partial charge in [0, 0.05) is 35.9 Å². The summed E-state index contributed by atoms with van der Waals surface area (Å²) in [5.41, 5.74) is 1.52. The van der Waals surface area contributed by atoms with Crippen LogP contribution in [0.25, 0.3) is 11.4 Å². The van der Waals surface area contributed by atoms with Crippen LogP contribution in [0.3, 0.4) is 0 Å². The lowest BCUT2D eigenvalue weighted by Crippen LogP contribution is -2.39. The molecule has 0 saturated carbocycles. The second-order valence-electron chi connectivity index (χ2n) is 6.11. The summed E-state index contributed by atoms with van der Waals surface area (Å²) in [4.78, 5) is 29.8. The lowest BCUT2D eigenvalue weighted by molar-refractivity contribution is -0.122. The molecule has 1 heterocycles. The number of carbonyl (C=O) groups is 1. The Kier molecular flexibility index (Phi) is 6.47. The van der Waals surface area contributed by atoms with Crippen LogP contribution in [-0.2, 0) is 17.8 Å². The first kappa shape index (κ1) is 18.9. The first-order chi connectivity index (χ1) is 12.0. The fourth-order valence-electron chi connectivity index (χ4n) is 2.62. The van der Waals surface area contributed by atoms with Crippen molar-refractivity contribution in [3.05, 3.63) is 51.9 Å². The average molecular weight is 343 g/mol. The second kappa shape index (κ2) is 8.58. The maximum atomic E-state index is 12.9. The van der Waals surface area contributed by atoms with Crippen LogP contribution < -0.4 is 10.9 Å². The molecule has 0 aliphatic carbocycles. The van der Waals surface area contributed by atoms with Crippen LogP contribution in [0.15, 0.2) is 35.1 Å². The average Bonchev–Trinajstić information content (AvgIpc) is 2.61. The Balaban J connectivity index is 2.52. The Labute approximate surface area is 147 Å². The van der Waals surface area contributed by atoms with Crippen LogP contribution in [0.1, 0.15) is 31.5 Å². The van der Waals surface area contributed by atoms with Crippen LogP contribution in [0.2, 0.25) is 0 Å². The highest BCUT2D eigenvalue weighted by molar-refractivity contribution is 5.76. The lowest BCUT2D eigenvalue weighted by atomic mass is 10.1. The molecule has 0 unspecified atom stereocenters. The van der Waals surface area contributed by atoms with E-state index in [2.05, 4.69) is 10.3 Å². The molecule has 1 atom stereocenters. The number of rotatable bonds is 7. The van der Waals surface area contributed by atoms with Crippen molar-refractivity contribution < 1.29 is 9.90 Å². The summed E-state index contributed by atoms with van der Waals surface area (Å²) in [6, 6.07) is 9.36. The monoisotopic (exact) mass is 343 g/mol. The van der Waals surface area contributed by atoms with Crippen LogP contribution >= 0.6 is 0 Å². The van der Waals surface area contributed by atoms with E-state index in [1.807, 2.05) is 44.2 Å². The molecule has 0 bridgehead atoms. The molecule has 134 valence electrons. The van der Waals surface area contributed by atoms with E-state index < -0.39 is 0 Å². The number of hydrogen-bond donors (Lipinski definition) is 2. The first-order valence-corrected chi connectivity index (χ1v) is 8.53. The molecule has 0 aliphatic heterocycles. The Hall–Kier alpha value is -2.47. The van der Waals surface area contributed by atoms with E-state index in [0.29, 0.717) is 17.1 Å². The normalized spacial score (nSPS) is 12.0. The summed E-state index contributed by atoms with van der Waals surface area (Å²) in [6.07, 6.45) is 1.04. The predicted molar refractivity (Wildman–Crippen MR) is 97.4 cm³/mol. The number of benzene rings is 1. The molecule has 2 N–H and O–H groups in total. The van der Waals surface area contributed by atoms with Gasteiger partial charge in [0.2, 0.25) is 5.91 Å². The van der Waals surface area contributed by atoms with Gasteiger partial charge >= 0.3 is 0 Å². The van der Waals surface area contributed by atoms with Gasteiger partial charge in [0.1, 0.15) is 12.4 Å². The van der Waals surface area contributed by atoms with E-state index in [4.69, 9.17) is 0 Å². The largest absolute Gasteiger partial charge is 0.396 e. The molecule has 2 rings (SSSR count). The van der Waals surface area contributed by atoms with E-state index in [-0.39, 0.29) is 37.1 Å². The number of nitrogens with zero attached hydrogens (tertiary/aromatic N) is 2. The number of aliphatic hydroxyl groups excluding tert-OH is 1. The third-order valence-electron chi connectivity index (χ3n) is 4.18. The van der Waals surface area contributed by atoms with Crippen molar-refractivity contribution in [3.63, 3.8) is 0 Å². The van der Waals surface area contributed by atoms with Crippen molar-refractivity contribution in [2.45, 2.75) is 46.2 Å². The van der Waals surface area contributed by atoms with Gasteiger partial charge in [-0.2, -0.15) is 0 Å². The Morgan fingerprint density at radius 2 is 2.00 bits per heavy atom. The summed E-state index contributed by atoms with van der Waals surface area (Å²) in [6.45, 7) is 5.42. The van der Waals surface area contributed by atoms with Crippen LogP contribution in [0.5, 0.6) is 0 Å². The molecule has 0 aliphatic rings. The van der Waals surface area contributed by atoms with E-state index in [9.17, 15) is 14.7 Å². The van der Waals surface area contributed by atoms with E-state index in [1.54, 1.807) is 6.92 Å². The van der Waals surface area contributed by atoms with Crippen LogP contribution in [0, 0.1) is 6.92 Å². The molecule has 0 spiro atoms. The number of aromatic nitrogens is 2. The van der Waals surface area contributed by atoms with Crippen molar-refractivity contribution in [2.24, 2.45) is 0 Å². The molecule has 0 saturated heterocycles. The van der Waals surface area contributed by atoms with Gasteiger partial charge in [-0.25, -0.2) is 4.98 Å². The zero-order chi connectivity index (χ0) is 18.4. The topological polar surface area (TPSA) is 84.2 Å². The number of aliphatic hydroxyl groups is 1. The minimum atomic E-state index is -0.278. The van der Waals surface area contributed by atoms with E-state index in [1.165, 1.54) is 4.57 Å². The number of carbonyl (C=O) groups excluding carboxylic acids is 1. The van der Waals surface area contributed by atoms with Gasteiger partial charge in [0.05, 0.1) is 0 Å². The SMILES string of the molecule is CC[C@H](C)NC(=O)Cn1c(-c2ccccc2)nc(C)c(CCO)c1=O. The Morgan fingerprint density at radius 1 is 1.32 bits per heavy atom. The van der Waals surface area contributed by atoms with Gasteiger partial charge in [0.15, 0.2) is 0 Å². The van der Waals surface area contributed by atoms with Gasteiger partial charge < -0.3 is 10.4 Å². The molecule has 25 heavy (non-hydrogen) atoms. The molecule has 1 amide bonds. The van der Waals surface area contributed by atoms with Gasteiger partial charge in [0.25, 0.3) is 5.56 Å². The van der Waals surface area contributed by atoms with Crippen molar-refractivity contribution in [2.75, 3.05) is 6.61 Å². The summed E-state index contributed by atoms with van der Waals surface area (Å²) < 4.78 is 1.39. The second-order valence-corrected chi connectivity index (χ2v) is 6.11. The fourth-order valence-corrected chi connectivity index (χ4v) is 2.62. The van der Waals surface area contributed by atoms with Crippen molar-refractivity contribution in [1.29, 1.82) is 0 Å². The van der Waals surface area contributed by atoms with Gasteiger partial charge in [-0.3, -0.25) is 14.2 Å². The molecule has 1 aromatic carbocycles. The third kappa shape index (κ3) is 4.54. The lowest BCUT2D eigenvalue weighted by Gasteiger charge is -2.17. The fraction of sp³-hybridized carbons (Fsp3) is 0.421. The molecule has 6 heteroatoms. The molecule has 2 aromatic rings. The molecule has 0 fully saturated rings. The van der Waals surface area contributed by atoms with Crippen LogP contribution in [-0.4, -0.2) is 33.2 Å². The zero-order valence-electron chi connectivity index (χ0n) is 15.0. The van der Waals surface area contributed by atoms with Gasteiger partial charge in [-0.15, -0.1) is 0 Å². The number of aryl methyl sites for hydroxylation is 1. The summed E-state index contributed by atoms with van der Waals surface area (Å²) in [5.74, 6) is 0.235. The number of hydrogen-bond acceptors (Lipinski definition) is 4. The van der Waals surface area contributed by atoms with Crippen LogP contribution in [0.4, 0.5) is 0 Å². The Morgan fingerprint density at radius 3 is 2.60 bits per heavy atom. The highest BCUT2D eigenvalue weighted by atomic mass is 16.3. The minimum absolute atomic E-state index is 0.0405. The van der Waals surface area contributed by atoms with Crippen molar-refractivity contribution in [1.82, 2.24) is 14.9 Å². The van der Waals surface area contributed by atoms with E-state index >= 15 is 0 Å². The number of nitrogens with one attached hydrogen (secondary N) is 1. The third-order valence-corrected chi connectivity index (χ3v) is 4.18. The summed E-state index contributed by atoms with van der Waals surface area (Å²) >= 11 is 0.